The predicted molar refractivity (Wildman–Crippen MR) is 195 cm³/mol. The monoisotopic (exact) mass is 638 g/mol. The molecule has 0 fully saturated rings. The van der Waals surface area contributed by atoms with Crippen LogP contribution in [0.25, 0.3) is 0 Å². The van der Waals surface area contributed by atoms with Gasteiger partial charge >= 0.3 is 0 Å². The quantitative estimate of drug-likeness (QED) is 0.0406. The molecule has 4 N–H and O–H groups in total. The van der Waals surface area contributed by atoms with Gasteiger partial charge in [-0.2, -0.15) is 0 Å². The van der Waals surface area contributed by atoms with Gasteiger partial charge in [0.2, 0.25) is 5.91 Å². The minimum absolute atomic E-state index is 0.360. The Kier molecular flexibility index (Phi) is 35.2. The molecule has 0 saturated carbocycles. The SMILES string of the molecule is CCCCCCCCCCC/C=C/[C@@H](O)[C@H](CO)NC(=O)C(O)CCCCCCCCCCCCCCCCCCCCCC. The van der Waals surface area contributed by atoms with Crippen molar-refractivity contribution in [3.05, 3.63) is 12.2 Å². The molecule has 0 radical (unpaired) electrons. The number of carbonyl (C=O) groups is 1. The van der Waals surface area contributed by atoms with Gasteiger partial charge < -0.3 is 20.6 Å². The topological polar surface area (TPSA) is 89.8 Å². The van der Waals surface area contributed by atoms with Gasteiger partial charge in [-0.15, -0.1) is 0 Å². The molecular formula is C40H79NO4. The van der Waals surface area contributed by atoms with E-state index in [1.807, 2.05) is 6.08 Å². The highest BCUT2D eigenvalue weighted by Gasteiger charge is 2.22. The van der Waals surface area contributed by atoms with E-state index in [4.69, 9.17) is 0 Å². The smallest absolute Gasteiger partial charge is 0.249 e. The van der Waals surface area contributed by atoms with Crippen molar-refractivity contribution in [1.29, 1.82) is 0 Å². The van der Waals surface area contributed by atoms with Crippen molar-refractivity contribution >= 4 is 5.91 Å². The van der Waals surface area contributed by atoms with Crippen LogP contribution in [0.5, 0.6) is 0 Å². The Morgan fingerprint density at radius 1 is 0.533 bits per heavy atom. The number of aliphatic hydroxyl groups excluding tert-OH is 3. The Hall–Kier alpha value is -0.910. The number of hydrogen-bond donors (Lipinski definition) is 4. The highest BCUT2D eigenvalue weighted by atomic mass is 16.3. The Morgan fingerprint density at radius 3 is 1.22 bits per heavy atom. The van der Waals surface area contributed by atoms with Crippen molar-refractivity contribution in [3.63, 3.8) is 0 Å². The van der Waals surface area contributed by atoms with Crippen LogP contribution in [0.3, 0.4) is 0 Å². The highest BCUT2D eigenvalue weighted by Crippen LogP contribution is 2.16. The van der Waals surface area contributed by atoms with Crippen LogP contribution in [-0.4, -0.2) is 46.1 Å². The molecule has 45 heavy (non-hydrogen) atoms. The first kappa shape index (κ1) is 44.1. The Balaban J connectivity index is 3.63. The normalized spacial score (nSPS) is 13.8. The summed E-state index contributed by atoms with van der Waals surface area (Å²) in [5.41, 5.74) is 0. The number of nitrogens with one attached hydrogen (secondary N) is 1. The Bertz CT molecular complexity index is 625. The first-order chi connectivity index (χ1) is 22.1. The molecule has 0 aliphatic carbocycles. The lowest BCUT2D eigenvalue weighted by atomic mass is 10.0. The number of unbranched alkanes of at least 4 members (excludes halogenated alkanes) is 28. The summed E-state index contributed by atoms with van der Waals surface area (Å²) < 4.78 is 0. The van der Waals surface area contributed by atoms with Crippen molar-refractivity contribution in [2.45, 2.75) is 231 Å². The van der Waals surface area contributed by atoms with E-state index in [9.17, 15) is 20.1 Å². The van der Waals surface area contributed by atoms with Crippen LogP contribution in [0.15, 0.2) is 12.2 Å². The van der Waals surface area contributed by atoms with Gasteiger partial charge in [0.1, 0.15) is 6.10 Å². The zero-order valence-electron chi connectivity index (χ0n) is 30.3. The summed E-state index contributed by atoms with van der Waals surface area (Å²) >= 11 is 0. The molecule has 0 aromatic heterocycles. The third kappa shape index (κ3) is 31.5. The first-order valence-electron chi connectivity index (χ1n) is 20.0. The van der Waals surface area contributed by atoms with Crippen LogP contribution >= 0.6 is 0 Å². The zero-order valence-corrected chi connectivity index (χ0v) is 30.3. The fraction of sp³-hybridized carbons (Fsp3) is 0.925. The second-order valence-corrected chi connectivity index (χ2v) is 13.9. The summed E-state index contributed by atoms with van der Waals surface area (Å²) in [7, 11) is 0. The van der Waals surface area contributed by atoms with Gasteiger partial charge in [0.05, 0.1) is 18.8 Å². The molecule has 0 rings (SSSR count). The van der Waals surface area contributed by atoms with Crippen molar-refractivity contribution in [1.82, 2.24) is 5.32 Å². The predicted octanol–water partition coefficient (Wildman–Crippen LogP) is 10.9. The third-order valence-corrected chi connectivity index (χ3v) is 9.38. The van der Waals surface area contributed by atoms with Gasteiger partial charge in [-0.1, -0.05) is 206 Å². The lowest BCUT2D eigenvalue weighted by Gasteiger charge is -2.21. The Morgan fingerprint density at radius 2 is 0.867 bits per heavy atom. The van der Waals surface area contributed by atoms with Crippen LogP contribution < -0.4 is 5.32 Å². The van der Waals surface area contributed by atoms with E-state index in [1.54, 1.807) is 6.08 Å². The Labute approximate surface area is 280 Å². The minimum Gasteiger partial charge on any atom is -0.394 e. The first-order valence-corrected chi connectivity index (χ1v) is 20.0. The maximum atomic E-state index is 12.4. The van der Waals surface area contributed by atoms with E-state index in [0.717, 1.165) is 32.1 Å². The average molecular weight is 638 g/mol. The fourth-order valence-corrected chi connectivity index (χ4v) is 6.18. The molecule has 5 nitrogen and oxygen atoms in total. The van der Waals surface area contributed by atoms with Gasteiger partial charge in [0.25, 0.3) is 0 Å². The molecule has 1 unspecified atom stereocenters. The molecule has 0 aromatic rings. The molecule has 0 aliphatic heterocycles. The lowest BCUT2D eigenvalue weighted by molar-refractivity contribution is -0.131. The van der Waals surface area contributed by atoms with E-state index < -0.39 is 24.2 Å². The van der Waals surface area contributed by atoms with E-state index >= 15 is 0 Å². The summed E-state index contributed by atoms with van der Waals surface area (Å²) in [4.78, 5) is 12.4. The van der Waals surface area contributed by atoms with Gasteiger partial charge in [-0.25, -0.2) is 0 Å². The zero-order chi connectivity index (χ0) is 33.1. The number of amides is 1. The minimum atomic E-state index is -1.09. The highest BCUT2D eigenvalue weighted by molar-refractivity contribution is 5.80. The van der Waals surface area contributed by atoms with Crippen LogP contribution in [0.1, 0.15) is 213 Å². The molecular weight excluding hydrogens is 558 g/mol. The third-order valence-electron chi connectivity index (χ3n) is 9.38. The molecule has 5 heteroatoms. The maximum absolute atomic E-state index is 12.4. The molecule has 0 bridgehead atoms. The number of hydrogen-bond acceptors (Lipinski definition) is 4. The molecule has 0 aromatic carbocycles. The summed E-state index contributed by atoms with van der Waals surface area (Å²) in [6, 6.07) is -0.790. The lowest BCUT2D eigenvalue weighted by Crippen LogP contribution is -2.48. The summed E-state index contributed by atoms with van der Waals surface area (Å²) in [5.74, 6) is -0.502. The van der Waals surface area contributed by atoms with E-state index in [0.29, 0.717) is 6.42 Å². The van der Waals surface area contributed by atoms with E-state index in [2.05, 4.69) is 19.2 Å². The molecule has 268 valence electrons. The van der Waals surface area contributed by atoms with Crippen LogP contribution in [0, 0.1) is 0 Å². The maximum Gasteiger partial charge on any atom is 0.249 e. The van der Waals surface area contributed by atoms with Gasteiger partial charge in [-0.3, -0.25) is 4.79 Å². The number of allylic oxidation sites excluding steroid dienone is 1. The summed E-state index contributed by atoms with van der Waals surface area (Å²) in [6.45, 7) is 4.17. The molecule has 1 amide bonds. The molecule has 0 heterocycles. The summed E-state index contributed by atoms with van der Waals surface area (Å²) in [5, 5.41) is 33.0. The van der Waals surface area contributed by atoms with Gasteiger partial charge in [0, 0.05) is 0 Å². The van der Waals surface area contributed by atoms with Crippen LogP contribution in [0.4, 0.5) is 0 Å². The second kappa shape index (κ2) is 35.9. The number of rotatable bonds is 36. The van der Waals surface area contributed by atoms with Gasteiger partial charge in [-0.05, 0) is 19.3 Å². The van der Waals surface area contributed by atoms with Gasteiger partial charge in [0.15, 0.2) is 0 Å². The standard InChI is InChI=1S/C40H79NO4/c1-3-5-7-9-11-13-15-16-17-18-19-20-21-22-23-25-27-29-31-33-35-39(44)40(45)41-37(36-42)38(43)34-32-30-28-26-24-14-12-10-8-6-4-2/h32,34,37-39,42-44H,3-31,33,35-36H2,1-2H3,(H,41,45)/b34-32+/t37-,38+,39?/m0/s1. The van der Waals surface area contributed by atoms with Crippen molar-refractivity contribution in [3.8, 4) is 0 Å². The number of carbonyl (C=O) groups excluding carboxylic acids is 1. The second-order valence-electron chi connectivity index (χ2n) is 13.9. The van der Waals surface area contributed by atoms with Crippen LogP contribution in [0.2, 0.25) is 0 Å². The molecule has 0 saturated heterocycles. The largest absolute Gasteiger partial charge is 0.394 e. The van der Waals surface area contributed by atoms with Crippen molar-refractivity contribution in [2.75, 3.05) is 6.61 Å². The van der Waals surface area contributed by atoms with E-state index in [-0.39, 0.29) is 6.61 Å². The molecule has 0 aliphatic rings. The number of aliphatic hydroxyl groups is 3. The average Bonchev–Trinajstić information content (AvgIpc) is 3.04. The van der Waals surface area contributed by atoms with Crippen molar-refractivity contribution < 1.29 is 20.1 Å². The molecule has 3 atom stereocenters. The molecule has 0 spiro atoms. The fourth-order valence-electron chi connectivity index (χ4n) is 6.18. The van der Waals surface area contributed by atoms with Crippen LogP contribution in [-0.2, 0) is 4.79 Å². The summed E-state index contributed by atoms with van der Waals surface area (Å²) in [6.07, 6.45) is 40.9. The van der Waals surface area contributed by atoms with Crippen molar-refractivity contribution in [2.24, 2.45) is 0 Å². The van der Waals surface area contributed by atoms with E-state index in [1.165, 1.54) is 161 Å².